The van der Waals surface area contributed by atoms with Crippen LogP contribution in [0.5, 0.6) is 0 Å². The maximum atomic E-state index is 11.4. The molecule has 0 atom stereocenters. The molecule has 0 fully saturated rings. The summed E-state index contributed by atoms with van der Waals surface area (Å²) in [6, 6.07) is 7.24. The Bertz CT molecular complexity index is 615. The first kappa shape index (κ1) is 15.5. The van der Waals surface area contributed by atoms with Gasteiger partial charge >= 0.3 is 5.97 Å². The van der Waals surface area contributed by atoms with Crippen LogP contribution in [0.2, 0.25) is 5.02 Å². The number of esters is 1. The Kier molecular flexibility index (Phi) is 5.30. The highest BCUT2D eigenvalue weighted by atomic mass is 35.5. The summed E-state index contributed by atoms with van der Waals surface area (Å²) in [5.74, 6) is 0.489. The van der Waals surface area contributed by atoms with E-state index >= 15 is 0 Å². The first-order valence-electron chi connectivity index (χ1n) is 6.51. The second-order valence-corrected chi connectivity index (χ2v) is 4.87. The molecule has 2 rings (SSSR count). The van der Waals surface area contributed by atoms with Crippen molar-refractivity contribution in [3.05, 3.63) is 35.2 Å². The van der Waals surface area contributed by atoms with Gasteiger partial charge in [0.1, 0.15) is 0 Å². The van der Waals surface area contributed by atoms with Gasteiger partial charge in [-0.15, -0.1) is 10.2 Å². The smallest absolute Gasteiger partial charge is 0.320 e. The Morgan fingerprint density at radius 1 is 1.38 bits per heavy atom. The van der Waals surface area contributed by atoms with E-state index in [2.05, 4.69) is 10.2 Å². The fourth-order valence-corrected chi connectivity index (χ4v) is 1.99. The number of ether oxygens (including phenoxy) is 1. The Morgan fingerprint density at radius 3 is 2.86 bits per heavy atom. The predicted molar refractivity (Wildman–Crippen MR) is 77.7 cm³/mol. The maximum absolute atomic E-state index is 11.4. The van der Waals surface area contributed by atoms with Gasteiger partial charge in [0, 0.05) is 0 Å². The average molecular weight is 310 g/mol. The molecule has 0 aliphatic rings. The first-order chi connectivity index (χ1) is 10.1. The van der Waals surface area contributed by atoms with Gasteiger partial charge in [0.25, 0.3) is 0 Å². The van der Waals surface area contributed by atoms with E-state index in [9.17, 15) is 4.79 Å². The van der Waals surface area contributed by atoms with Crippen LogP contribution in [0, 0.1) is 0 Å². The van der Waals surface area contributed by atoms with E-state index in [1.54, 1.807) is 24.9 Å². The van der Waals surface area contributed by atoms with Crippen molar-refractivity contribution in [2.75, 3.05) is 20.2 Å². The van der Waals surface area contributed by atoms with Crippen LogP contribution in [-0.4, -0.2) is 41.3 Å². The lowest BCUT2D eigenvalue weighted by molar-refractivity contribution is -0.144. The highest BCUT2D eigenvalue weighted by Crippen LogP contribution is 2.26. The summed E-state index contributed by atoms with van der Waals surface area (Å²) in [6.45, 7) is 2.66. The minimum absolute atomic E-state index is 0.164. The van der Waals surface area contributed by atoms with Crippen LogP contribution in [0.15, 0.2) is 28.7 Å². The second kappa shape index (κ2) is 7.19. The summed E-state index contributed by atoms with van der Waals surface area (Å²) < 4.78 is 10.4. The molecular formula is C14H16ClN3O3. The van der Waals surface area contributed by atoms with Crippen LogP contribution in [0.1, 0.15) is 12.8 Å². The van der Waals surface area contributed by atoms with Crippen LogP contribution in [-0.2, 0) is 16.1 Å². The monoisotopic (exact) mass is 309 g/mol. The van der Waals surface area contributed by atoms with Gasteiger partial charge in [-0.2, -0.15) is 0 Å². The molecule has 0 saturated heterocycles. The molecule has 0 saturated carbocycles. The molecule has 0 bridgehead atoms. The van der Waals surface area contributed by atoms with E-state index in [4.69, 9.17) is 20.8 Å². The highest BCUT2D eigenvalue weighted by Gasteiger charge is 2.14. The topological polar surface area (TPSA) is 68.5 Å². The van der Waals surface area contributed by atoms with Gasteiger partial charge in [0.15, 0.2) is 0 Å². The summed E-state index contributed by atoms with van der Waals surface area (Å²) in [5.41, 5.74) is 0.686. The molecule has 0 aliphatic heterocycles. The standard InChI is InChI=1S/C14H16ClN3O3/c1-3-20-13(19)9-18(2)8-12-16-17-14(21-12)10-6-4-5-7-11(10)15/h4-7H,3,8-9H2,1-2H3. The largest absolute Gasteiger partial charge is 0.465 e. The van der Waals surface area contributed by atoms with Gasteiger partial charge in [0.2, 0.25) is 11.8 Å². The van der Waals surface area contributed by atoms with E-state index in [1.165, 1.54) is 0 Å². The summed E-state index contributed by atoms with van der Waals surface area (Å²) in [7, 11) is 1.77. The number of likely N-dealkylation sites (N-methyl/N-ethyl adjacent to an activating group) is 1. The Balaban J connectivity index is 2.00. The van der Waals surface area contributed by atoms with E-state index < -0.39 is 0 Å². The molecule has 0 radical (unpaired) electrons. The molecule has 1 aromatic carbocycles. The molecule has 0 N–H and O–H groups in total. The number of rotatable bonds is 6. The number of aromatic nitrogens is 2. The number of carbonyl (C=O) groups excluding carboxylic acids is 1. The van der Waals surface area contributed by atoms with Crippen molar-refractivity contribution in [3.8, 4) is 11.5 Å². The van der Waals surface area contributed by atoms with Gasteiger partial charge in [-0.3, -0.25) is 9.69 Å². The highest BCUT2D eigenvalue weighted by molar-refractivity contribution is 6.33. The normalized spacial score (nSPS) is 10.9. The third-order valence-electron chi connectivity index (χ3n) is 2.68. The van der Waals surface area contributed by atoms with Crippen molar-refractivity contribution < 1.29 is 13.9 Å². The van der Waals surface area contributed by atoms with Crippen LogP contribution in [0.25, 0.3) is 11.5 Å². The van der Waals surface area contributed by atoms with Gasteiger partial charge in [-0.25, -0.2) is 0 Å². The summed E-state index contributed by atoms with van der Waals surface area (Å²) in [5, 5.41) is 8.48. The summed E-state index contributed by atoms with van der Waals surface area (Å²) in [6.07, 6.45) is 0. The number of benzene rings is 1. The van der Waals surface area contributed by atoms with E-state index in [0.29, 0.717) is 35.5 Å². The van der Waals surface area contributed by atoms with E-state index in [0.717, 1.165) is 0 Å². The zero-order valence-electron chi connectivity index (χ0n) is 11.9. The molecule has 0 amide bonds. The second-order valence-electron chi connectivity index (χ2n) is 4.46. The number of carbonyl (C=O) groups is 1. The lowest BCUT2D eigenvalue weighted by Crippen LogP contribution is -2.27. The third-order valence-corrected chi connectivity index (χ3v) is 3.01. The van der Waals surface area contributed by atoms with E-state index in [-0.39, 0.29) is 12.5 Å². The number of nitrogens with zero attached hydrogens (tertiary/aromatic N) is 3. The van der Waals surface area contributed by atoms with Gasteiger partial charge in [-0.05, 0) is 26.1 Å². The molecule has 1 aromatic heterocycles. The minimum Gasteiger partial charge on any atom is -0.465 e. The van der Waals surface area contributed by atoms with Crippen LogP contribution >= 0.6 is 11.6 Å². The Morgan fingerprint density at radius 2 is 2.14 bits per heavy atom. The number of hydrogen-bond acceptors (Lipinski definition) is 6. The Labute approximate surface area is 127 Å². The number of halogens is 1. The minimum atomic E-state index is -0.286. The maximum Gasteiger partial charge on any atom is 0.320 e. The zero-order chi connectivity index (χ0) is 15.2. The summed E-state index contributed by atoms with van der Waals surface area (Å²) >= 11 is 6.08. The van der Waals surface area contributed by atoms with Gasteiger partial charge < -0.3 is 9.15 Å². The van der Waals surface area contributed by atoms with Crippen molar-refractivity contribution in [1.29, 1.82) is 0 Å². The molecule has 1 heterocycles. The molecule has 7 heteroatoms. The predicted octanol–water partition coefficient (Wildman–Crippen LogP) is 2.38. The van der Waals surface area contributed by atoms with Crippen molar-refractivity contribution >= 4 is 17.6 Å². The van der Waals surface area contributed by atoms with E-state index in [1.807, 2.05) is 18.2 Å². The van der Waals surface area contributed by atoms with Crippen molar-refractivity contribution in [2.24, 2.45) is 0 Å². The molecular weight excluding hydrogens is 294 g/mol. The van der Waals surface area contributed by atoms with Gasteiger partial charge in [-0.1, -0.05) is 23.7 Å². The fraction of sp³-hybridized carbons (Fsp3) is 0.357. The van der Waals surface area contributed by atoms with Crippen molar-refractivity contribution in [3.63, 3.8) is 0 Å². The Hall–Kier alpha value is -1.92. The van der Waals surface area contributed by atoms with Crippen LogP contribution in [0.3, 0.4) is 0 Å². The van der Waals surface area contributed by atoms with Crippen LogP contribution in [0.4, 0.5) is 0 Å². The average Bonchev–Trinajstić information content (AvgIpc) is 2.87. The molecule has 0 spiro atoms. The first-order valence-corrected chi connectivity index (χ1v) is 6.89. The SMILES string of the molecule is CCOC(=O)CN(C)Cc1nnc(-c2ccccc2Cl)o1. The lowest BCUT2D eigenvalue weighted by Gasteiger charge is -2.12. The summed E-state index contributed by atoms with van der Waals surface area (Å²) in [4.78, 5) is 13.1. The fourth-order valence-electron chi connectivity index (χ4n) is 1.77. The third kappa shape index (κ3) is 4.27. The lowest BCUT2D eigenvalue weighted by atomic mass is 10.2. The molecule has 2 aromatic rings. The molecule has 0 unspecified atom stereocenters. The molecule has 21 heavy (non-hydrogen) atoms. The quantitative estimate of drug-likeness (QED) is 0.763. The molecule has 6 nitrogen and oxygen atoms in total. The number of hydrogen-bond donors (Lipinski definition) is 0. The van der Waals surface area contributed by atoms with Crippen molar-refractivity contribution in [1.82, 2.24) is 15.1 Å². The van der Waals surface area contributed by atoms with Crippen LogP contribution < -0.4 is 0 Å². The molecule has 0 aliphatic carbocycles. The van der Waals surface area contributed by atoms with Gasteiger partial charge in [0.05, 0.1) is 30.3 Å². The van der Waals surface area contributed by atoms with Crippen molar-refractivity contribution in [2.45, 2.75) is 13.5 Å². The molecule has 112 valence electrons. The zero-order valence-corrected chi connectivity index (χ0v) is 12.6.